The fourth-order valence-corrected chi connectivity index (χ4v) is 8.82. The highest BCUT2D eigenvalue weighted by Crippen LogP contribution is 2.56. The number of carboxylic acid groups (broad SMARTS) is 1. The highest BCUT2D eigenvalue weighted by atomic mass is 32.2. The molecule has 1 spiro atoms. The standard InChI is InChI=1S/C36H41NO7S/c1-23-25-22-26-31(15-20-37-29-9-5-6-10-32(29)44-34(26)37)43-30(25)14-19-36(17-8-18-36)27-13-12-24(45(40,41)42)21-28(27)35(23,2)16-7-3-4-11-33(38)39/h5-6,9-10,12-13,21-22,30-31H,1,3-4,7-8,11,14-20H2,2H3,(H,38,39)(H,40,41,42). The van der Waals surface area contributed by atoms with Crippen molar-refractivity contribution in [3.63, 3.8) is 0 Å². The Bertz CT molecular complexity index is 1740. The van der Waals surface area contributed by atoms with Crippen LogP contribution < -0.4 is 9.64 Å². The van der Waals surface area contributed by atoms with Gasteiger partial charge in [0.25, 0.3) is 10.1 Å². The van der Waals surface area contributed by atoms with E-state index in [1.807, 2.05) is 24.3 Å². The van der Waals surface area contributed by atoms with Gasteiger partial charge in [-0.25, -0.2) is 0 Å². The minimum Gasteiger partial charge on any atom is -0.481 e. The topological polar surface area (TPSA) is 113 Å². The molecule has 9 heteroatoms. The van der Waals surface area contributed by atoms with Gasteiger partial charge in [0.05, 0.1) is 22.8 Å². The first-order valence-corrected chi connectivity index (χ1v) is 17.6. The second kappa shape index (κ2) is 11.1. The monoisotopic (exact) mass is 631 g/mol. The van der Waals surface area contributed by atoms with E-state index in [1.54, 1.807) is 6.07 Å². The van der Waals surface area contributed by atoms with Crippen LogP contribution in [0.25, 0.3) is 0 Å². The molecule has 2 aromatic carbocycles. The van der Waals surface area contributed by atoms with Crippen LogP contribution in [0.2, 0.25) is 0 Å². The predicted octanol–water partition coefficient (Wildman–Crippen LogP) is 7.21. The molecule has 3 heterocycles. The fourth-order valence-electron chi connectivity index (χ4n) is 8.31. The number of unbranched alkanes of at least 4 members (excludes halogenated alkanes) is 2. The van der Waals surface area contributed by atoms with Crippen molar-refractivity contribution < 1.29 is 32.3 Å². The number of para-hydroxylation sites is 2. The lowest BCUT2D eigenvalue weighted by Gasteiger charge is -2.46. The molecule has 3 unspecified atom stereocenters. The number of nitrogens with zero attached hydrogens (tertiary/aromatic N) is 1. The SMILES string of the molecule is C=C1C2=CC3=C4Oc5ccccc5N4CCC3OC2CCC2(CCC2)c2ccc(S(=O)(=O)O)cc2C1(C)CCCCCC(=O)O. The molecule has 8 nitrogen and oxygen atoms in total. The summed E-state index contributed by atoms with van der Waals surface area (Å²) in [7, 11) is -4.44. The Morgan fingerprint density at radius 1 is 1.04 bits per heavy atom. The van der Waals surface area contributed by atoms with Crippen LogP contribution in [-0.4, -0.2) is 42.8 Å². The van der Waals surface area contributed by atoms with Gasteiger partial charge in [-0.2, -0.15) is 8.42 Å². The minimum absolute atomic E-state index is 0.0963. The summed E-state index contributed by atoms with van der Waals surface area (Å²) < 4.78 is 48.4. The maximum atomic E-state index is 12.4. The summed E-state index contributed by atoms with van der Waals surface area (Å²) in [6.07, 6.45) is 10.5. The minimum atomic E-state index is -4.44. The number of benzene rings is 2. The van der Waals surface area contributed by atoms with Crippen molar-refractivity contribution in [2.24, 2.45) is 0 Å². The summed E-state index contributed by atoms with van der Waals surface area (Å²) in [6, 6.07) is 13.2. The third-order valence-corrected chi connectivity index (χ3v) is 11.9. The fraction of sp³-hybridized carbons (Fsp3) is 0.472. The molecule has 2 aromatic rings. The van der Waals surface area contributed by atoms with E-state index in [9.17, 15) is 22.9 Å². The number of hydrogen-bond acceptors (Lipinski definition) is 6. The molecule has 1 fully saturated rings. The van der Waals surface area contributed by atoms with E-state index < -0.39 is 21.5 Å². The van der Waals surface area contributed by atoms with E-state index in [0.717, 1.165) is 103 Å². The maximum absolute atomic E-state index is 12.4. The lowest BCUT2D eigenvalue weighted by atomic mass is 9.58. The summed E-state index contributed by atoms with van der Waals surface area (Å²) in [5.41, 5.74) is 5.15. The van der Waals surface area contributed by atoms with Crippen LogP contribution in [0.1, 0.15) is 88.7 Å². The van der Waals surface area contributed by atoms with E-state index in [2.05, 4.69) is 24.0 Å². The quantitative estimate of drug-likeness (QED) is 0.244. The van der Waals surface area contributed by atoms with E-state index in [1.165, 1.54) is 6.07 Å². The average Bonchev–Trinajstić information content (AvgIpc) is 3.38. The zero-order chi connectivity index (χ0) is 31.6. The molecule has 0 aromatic heterocycles. The number of carboxylic acids is 1. The van der Waals surface area contributed by atoms with E-state index in [-0.39, 0.29) is 28.9 Å². The number of anilines is 1. The molecule has 7 rings (SSSR count). The van der Waals surface area contributed by atoms with E-state index in [4.69, 9.17) is 16.1 Å². The lowest BCUT2D eigenvalue weighted by molar-refractivity contribution is -0.137. The van der Waals surface area contributed by atoms with Crippen molar-refractivity contribution in [2.75, 3.05) is 11.4 Å². The Morgan fingerprint density at radius 2 is 1.84 bits per heavy atom. The molecular formula is C36H41NO7S. The first kappa shape index (κ1) is 30.3. The largest absolute Gasteiger partial charge is 0.481 e. The third-order valence-electron chi connectivity index (χ3n) is 11.0. The molecule has 0 amide bonds. The number of fused-ring (bicyclic) bond motifs is 7. The Hall–Kier alpha value is -3.40. The van der Waals surface area contributed by atoms with Crippen molar-refractivity contribution in [1.29, 1.82) is 0 Å². The van der Waals surface area contributed by atoms with Gasteiger partial charge in [-0.05, 0) is 103 Å². The zero-order valence-corrected chi connectivity index (χ0v) is 26.6. The number of ether oxygens (including phenoxy) is 2. The van der Waals surface area contributed by atoms with Crippen LogP contribution in [0.5, 0.6) is 5.75 Å². The predicted molar refractivity (Wildman–Crippen MR) is 171 cm³/mol. The van der Waals surface area contributed by atoms with Crippen molar-refractivity contribution >= 4 is 21.8 Å². The summed E-state index contributed by atoms with van der Waals surface area (Å²) in [5.74, 6) is 0.822. The molecule has 3 atom stereocenters. The van der Waals surface area contributed by atoms with Crippen molar-refractivity contribution in [3.05, 3.63) is 88.8 Å². The van der Waals surface area contributed by atoms with Crippen molar-refractivity contribution in [3.8, 4) is 5.75 Å². The summed E-state index contributed by atoms with van der Waals surface area (Å²) in [4.78, 5) is 13.3. The van der Waals surface area contributed by atoms with Gasteiger partial charge in [0.15, 0.2) is 5.75 Å². The van der Waals surface area contributed by atoms with Gasteiger partial charge in [-0.3, -0.25) is 9.35 Å². The van der Waals surface area contributed by atoms with Crippen molar-refractivity contribution in [2.45, 2.75) is 105 Å². The molecular weight excluding hydrogens is 590 g/mol. The summed E-state index contributed by atoms with van der Waals surface area (Å²) in [6.45, 7) is 7.67. The van der Waals surface area contributed by atoms with E-state index in [0.29, 0.717) is 12.8 Å². The molecule has 2 N–H and O–H groups in total. The molecule has 3 aliphatic heterocycles. The highest BCUT2D eigenvalue weighted by molar-refractivity contribution is 7.85. The first-order chi connectivity index (χ1) is 21.5. The molecule has 5 aliphatic rings. The molecule has 238 valence electrons. The number of aliphatic carboxylic acids is 1. The summed E-state index contributed by atoms with van der Waals surface area (Å²) in [5, 5.41) is 9.19. The molecule has 45 heavy (non-hydrogen) atoms. The molecule has 0 radical (unpaired) electrons. The second-order valence-corrected chi connectivity index (χ2v) is 15.0. The number of rotatable bonds is 7. The normalized spacial score (nSPS) is 26.6. The zero-order valence-electron chi connectivity index (χ0n) is 25.8. The maximum Gasteiger partial charge on any atom is 0.303 e. The van der Waals surface area contributed by atoms with Gasteiger partial charge in [-0.15, -0.1) is 0 Å². The van der Waals surface area contributed by atoms with Gasteiger partial charge in [0, 0.05) is 24.0 Å². The smallest absolute Gasteiger partial charge is 0.303 e. The van der Waals surface area contributed by atoms with Crippen LogP contribution in [0.4, 0.5) is 5.69 Å². The van der Waals surface area contributed by atoms with Gasteiger partial charge >= 0.3 is 5.97 Å². The molecule has 2 aliphatic carbocycles. The van der Waals surface area contributed by atoms with Gasteiger partial charge in [0.1, 0.15) is 0 Å². The number of carbonyl (C=O) groups is 1. The van der Waals surface area contributed by atoms with Gasteiger partial charge in [-0.1, -0.05) is 51.0 Å². The Morgan fingerprint density at radius 3 is 2.58 bits per heavy atom. The van der Waals surface area contributed by atoms with Crippen LogP contribution in [0, 0.1) is 0 Å². The second-order valence-electron chi connectivity index (χ2n) is 13.6. The lowest BCUT2D eigenvalue weighted by Crippen LogP contribution is -2.41. The van der Waals surface area contributed by atoms with Crippen LogP contribution in [0.3, 0.4) is 0 Å². The first-order valence-electron chi connectivity index (χ1n) is 16.2. The van der Waals surface area contributed by atoms with Crippen molar-refractivity contribution in [1.82, 2.24) is 0 Å². The van der Waals surface area contributed by atoms with Crippen LogP contribution >= 0.6 is 0 Å². The third kappa shape index (κ3) is 5.13. The van der Waals surface area contributed by atoms with Gasteiger partial charge in [0.2, 0.25) is 5.88 Å². The Balaban J connectivity index is 1.36. The summed E-state index contributed by atoms with van der Waals surface area (Å²) >= 11 is 0. The Kier molecular flexibility index (Phi) is 7.49. The van der Waals surface area contributed by atoms with E-state index >= 15 is 0 Å². The Labute approximate surface area is 265 Å². The highest BCUT2D eigenvalue weighted by Gasteiger charge is 2.49. The molecule has 0 saturated heterocycles. The van der Waals surface area contributed by atoms with Crippen LogP contribution in [0.15, 0.2) is 82.6 Å². The number of hydrogen-bond donors (Lipinski definition) is 2. The molecule has 0 bridgehead atoms. The van der Waals surface area contributed by atoms with Crippen LogP contribution in [-0.2, 0) is 30.5 Å². The van der Waals surface area contributed by atoms with Gasteiger partial charge < -0.3 is 19.5 Å². The molecule has 1 saturated carbocycles. The average molecular weight is 632 g/mol.